The Morgan fingerprint density at radius 1 is 1.78 bits per heavy atom. The number of methoxy groups -OCH3 is 1. The largest absolute Gasteiger partial charge is 0.384 e. The van der Waals surface area contributed by atoms with Crippen LogP contribution in [0.2, 0.25) is 0 Å². The molecule has 1 amide bonds. The molecule has 0 aromatic heterocycles. The molecule has 0 fully saturated rings. The second-order valence-electron chi connectivity index (χ2n) is 1.71. The molecule has 0 spiro atoms. The van der Waals surface area contributed by atoms with Gasteiger partial charge in [-0.2, -0.15) is 0 Å². The number of carbonyl (C=O) groups excluding carboxylic acids is 1. The van der Waals surface area contributed by atoms with Crippen molar-refractivity contribution in [1.82, 2.24) is 0 Å². The van der Waals surface area contributed by atoms with E-state index in [4.69, 9.17) is 10.5 Å². The molecule has 9 heavy (non-hydrogen) atoms. The molecule has 0 unspecified atom stereocenters. The standard InChI is InChI=1S/C6H11NO2/c1-5(6(7)8)3-4-9-2/h1,3-4H2,2H3,(H2,7,8). The van der Waals surface area contributed by atoms with Gasteiger partial charge in [-0.05, 0) is 0 Å². The second kappa shape index (κ2) is 4.09. The van der Waals surface area contributed by atoms with Crippen molar-refractivity contribution < 1.29 is 9.53 Å². The van der Waals surface area contributed by atoms with Crippen LogP contribution in [-0.2, 0) is 9.53 Å². The van der Waals surface area contributed by atoms with E-state index in [0.717, 1.165) is 0 Å². The van der Waals surface area contributed by atoms with Gasteiger partial charge in [-0.3, -0.25) is 4.79 Å². The Kier molecular flexibility index (Phi) is 3.71. The molecule has 0 heterocycles. The van der Waals surface area contributed by atoms with Crippen molar-refractivity contribution in [3.8, 4) is 0 Å². The van der Waals surface area contributed by atoms with Crippen LogP contribution < -0.4 is 5.73 Å². The lowest BCUT2D eigenvalue weighted by Crippen LogP contribution is -2.14. The summed E-state index contributed by atoms with van der Waals surface area (Å²) >= 11 is 0. The summed E-state index contributed by atoms with van der Waals surface area (Å²) in [7, 11) is 1.56. The van der Waals surface area contributed by atoms with Crippen molar-refractivity contribution >= 4 is 5.91 Å². The first-order chi connectivity index (χ1) is 4.18. The molecule has 0 aliphatic rings. The molecule has 0 rings (SSSR count). The Hall–Kier alpha value is -0.830. The highest BCUT2D eigenvalue weighted by molar-refractivity contribution is 5.91. The fourth-order valence-corrected chi connectivity index (χ4v) is 0.348. The Morgan fingerprint density at radius 3 is 2.67 bits per heavy atom. The van der Waals surface area contributed by atoms with E-state index in [1.807, 2.05) is 0 Å². The third kappa shape index (κ3) is 3.73. The number of rotatable bonds is 4. The maximum atomic E-state index is 10.3. The Bertz CT molecular complexity index is 120. The van der Waals surface area contributed by atoms with Crippen LogP contribution in [0.4, 0.5) is 0 Å². The van der Waals surface area contributed by atoms with Crippen molar-refractivity contribution in [3.05, 3.63) is 12.2 Å². The van der Waals surface area contributed by atoms with Crippen LogP contribution in [0.3, 0.4) is 0 Å². The molecule has 3 heteroatoms. The predicted octanol–water partition coefficient (Wildman–Crippen LogP) is 0.0644. The molecule has 0 aromatic rings. The highest BCUT2D eigenvalue weighted by Crippen LogP contribution is 1.94. The summed E-state index contributed by atoms with van der Waals surface area (Å²) in [6, 6.07) is 0. The SMILES string of the molecule is C=C(CCOC)C(N)=O. The van der Waals surface area contributed by atoms with Gasteiger partial charge in [0.1, 0.15) is 0 Å². The first-order valence-electron chi connectivity index (χ1n) is 2.65. The van der Waals surface area contributed by atoms with Gasteiger partial charge in [0.05, 0.1) is 6.61 Å². The molecule has 0 atom stereocenters. The van der Waals surface area contributed by atoms with Crippen LogP contribution in [-0.4, -0.2) is 19.6 Å². The van der Waals surface area contributed by atoms with Crippen LogP contribution in [0.25, 0.3) is 0 Å². The summed E-state index contributed by atoms with van der Waals surface area (Å²) in [5, 5.41) is 0. The van der Waals surface area contributed by atoms with Crippen LogP contribution in [0.15, 0.2) is 12.2 Å². The molecule has 0 saturated carbocycles. The van der Waals surface area contributed by atoms with Gasteiger partial charge in [0.2, 0.25) is 5.91 Å². The fraction of sp³-hybridized carbons (Fsp3) is 0.500. The quantitative estimate of drug-likeness (QED) is 0.546. The molecule has 0 aromatic carbocycles. The monoisotopic (exact) mass is 129 g/mol. The maximum absolute atomic E-state index is 10.3. The second-order valence-corrected chi connectivity index (χ2v) is 1.71. The zero-order valence-electron chi connectivity index (χ0n) is 5.52. The summed E-state index contributed by atoms with van der Waals surface area (Å²) in [4.78, 5) is 10.3. The summed E-state index contributed by atoms with van der Waals surface area (Å²) in [5.74, 6) is -0.452. The third-order valence-corrected chi connectivity index (χ3v) is 0.956. The molecule has 0 radical (unpaired) electrons. The highest BCUT2D eigenvalue weighted by Gasteiger charge is 1.98. The van der Waals surface area contributed by atoms with E-state index in [1.54, 1.807) is 7.11 Å². The van der Waals surface area contributed by atoms with E-state index in [2.05, 4.69) is 6.58 Å². The van der Waals surface area contributed by atoms with Crippen LogP contribution in [0.5, 0.6) is 0 Å². The minimum atomic E-state index is -0.452. The van der Waals surface area contributed by atoms with Gasteiger partial charge in [-0.15, -0.1) is 0 Å². The topological polar surface area (TPSA) is 52.3 Å². The fourth-order valence-electron chi connectivity index (χ4n) is 0.348. The highest BCUT2D eigenvalue weighted by atomic mass is 16.5. The molecule has 0 aliphatic carbocycles. The van der Waals surface area contributed by atoms with Crippen LogP contribution >= 0.6 is 0 Å². The zero-order valence-corrected chi connectivity index (χ0v) is 5.52. The average molecular weight is 129 g/mol. The third-order valence-electron chi connectivity index (χ3n) is 0.956. The van der Waals surface area contributed by atoms with Gasteiger partial charge in [0, 0.05) is 19.1 Å². The smallest absolute Gasteiger partial charge is 0.244 e. The Morgan fingerprint density at radius 2 is 2.33 bits per heavy atom. The number of hydrogen-bond donors (Lipinski definition) is 1. The summed E-state index contributed by atoms with van der Waals surface area (Å²) in [6.45, 7) is 3.94. The van der Waals surface area contributed by atoms with Crippen molar-refractivity contribution in [1.29, 1.82) is 0 Å². The van der Waals surface area contributed by atoms with E-state index >= 15 is 0 Å². The number of primary amides is 1. The molecule has 0 aliphatic heterocycles. The molecule has 52 valence electrons. The summed E-state index contributed by atoms with van der Waals surface area (Å²) in [5.41, 5.74) is 5.30. The lowest BCUT2D eigenvalue weighted by Gasteiger charge is -1.97. The van der Waals surface area contributed by atoms with Crippen molar-refractivity contribution in [3.63, 3.8) is 0 Å². The molecular formula is C6H11NO2. The zero-order chi connectivity index (χ0) is 7.28. The first-order valence-corrected chi connectivity index (χ1v) is 2.65. The first kappa shape index (κ1) is 8.17. The van der Waals surface area contributed by atoms with Crippen LogP contribution in [0.1, 0.15) is 6.42 Å². The van der Waals surface area contributed by atoms with E-state index in [9.17, 15) is 4.79 Å². The maximum Gasteiger partial charge on any atom is 0.244 e. The molecular weight excluding hydrogens is 118 g/mol. The number of ether oxygens (including phenoxy) is 1. The minimum Gasteiger partial charge on any atom is -0.384 e. The number of amides is 1. The van der Waals surface area contributed by atoms with E-state index in [0.29, 0.717) is 18.6 Å². The molecule has 0 saturated heterocycles. The van der Waals surface area contributed by atoms with Crippen molar-refractivity contribution in [2.75, 3.05) is 13.7 Å². The van der Waals surface area contributed by atoms with Crippen molar-refractivity contribution in [2.45, 2.75) is 6.42 Å². The molecule has 2 N–H and O–H groups in total. The Labute approximate surface area is 54.5 Å². The van der Waals surface area contributed by atoms with Gasteiger partial charge in [0.15, 0.2) is 0 Å². The predicted molar refractivity (Wildman–Crippen MR) is 34.8 cm³/mol. The summed E-state index contributed by atoms with van der Waals surface area (Å²) in [6.07, 6.45) is 0.520. The van der Waals surface area contributed by atoms with Gasteiger partial charge in [-0.1, -0.05) is 6.58 Å². The molecule has 0 bridgehead atoms. The molecule has 3 nitrogen and oxygen atoms in total. The Balaban J connectivity index is 3.39. The van der Waals surface area contributed by atoms with E-state index in [-0.39, 0.29) is 0 Å². The normalized spacial score (nSPS) is 9.00. The number of nitrogens with two attached hydrogens (primary N) is 1. The number of hydrogen-bond acceptors (Lipinski definition) is 2. The summed E-state index contributed by atoms with van der Waals surface area (Å²) < 4.78 is 4.69. The average Bonchev–Trinajstić information content (AvgIpc) is 1.82. The lowest BCUT2D eigenvalue weighted by atomic mass is 10.2. The minimum absolute atomic E-state index is 0.414. The van der Waals surface area contributed by atoms with Gasteiger partial charge < -0.3 is 10.5 Å². The van der Waals surface area contributed by atoms with Crippen LogP contribution in [0, 0.1) is 0 Å². The lowest BCUT2D eigenvalue weighted by molar-refractivity contribution is -0.114. The van der Waals surface area contributed by atoms with Crippen molar-refractivity contribution in [2.24, 2.45) is 5.73 Å². The van der Waals surface area contributed by atoms with Gasteiger partial charge in [-0.25, -0.2) is 0 Å². The van der Waals surface area contributed by atoms with Gasteiger partial charge in [0.25, 0.3) is 0 Å². The van der Waals surface area contributed by atoms with Gasteiger partial charge >= 0.3 is 0 Å². The van der Waals surface area contributed by atoms with E-state index in [1.165, 1.54) is 0 Å². The number of carbonyl (C=O) groups is 1. The van der Waals surface area contributed by atoms with E-state index < -0.39 is 5.91 Å².